The fourth-order valence-corrected chi connectivity index (χ4v) is 2.32. The molecule has 5 nitrogen and oxygen atoms in total. The SMILES string of the molecule is COc1ccc2nc(CCCl)n(Cc3ccoc3)c2n1. The zero-order valence-electron chi connectivity index (χ0n) is 11.0. The number of furan rings is 1. The Balaban J connectivity index is 2.11. The van der Waals surface area contributed by atoms with Crippen LogP contribution in [0.3, 0.4) is 0 Å². The van der Waals surface area contributed by atoms with E-state index in [9.17, 15) is 0 Å². The lowest BCUT2D eigenvalue weighted by molar-refractivity contribution is 0.399. The summed E-state index contributed by atoms with van der Waals surface area (Å²) < 4.78 is 12.3. The Morgan fingerprint density at radius 1 is 1.30 bits per heavy atom. The third kappa shape index (κ3) is 2.36. The normalized spacial score (nSPS) is 11.1. The van der Waals surface area contributed by atoms with Crippen LogP contribution in [0.1, 0.15) is 11.4 Å². The van der Waals surface area contributed by atoms with Gasteiger partial charge in [-0.05, 0) is 12.1 Å². The summed E-state index contributed by atoms with van der Waals surface area (Å²) in [7, 11) is 1.60. The summed E-state index contributed by atoms with van der Waals surface area (Å²) in [4.78, 5) is 9.07. The molecule has 0 bridgehead atoms. The smallest absolute Gasteiger partial charge is 0.215 e. The molecule has 0 amide bonds. The van der Waals surface area contributed by atoms with E-state index in [2.05, 4.69) is 9.97 Å². The van der Waals surface area contributed by atoms with Crippen molar-refractivity contribution in [2.75, 3.05) is 13.0 Å². The Morgan fingerprint density at radius 3 is 2.90 bits per heavy atom. The number of pyridine rings is 1. The van der Waals surface area contributed by atoms with Crippen molar-refractivity contribution in [1.82, 2.24) is 14.5 Å². The molecule has 0 aliphatic heterocycles. The molecule has 0 unspecified atom stereocenters. The largest absolute Gasteiger partial charge is 0.481 e. The highest BCUT2D eigenvalue weighted by molar-refractivity contribution is 6.17. The number of ether oxygens (including phenoxy) is 1. The number of hydrogen-bond acceptors (Lipinski definition) is 4. The van der Waals surface area contributed by atoms with Crippen LogP contribution in [0.25, 0.3) is 11.2 Å². The van der Waals surface area contributed by atoms with Gasteiger partial charge in [0.25, 0.3) is 0 Å². The summed E-state index contributed by atoms with van der Waals surface area (Å²) in [6.07, 6.45) is 4.07. The molecule has 0 atom stereocenters. The standard InChI is InChI=1S/C14H14ClN3O2/c1-19-13-3-2-11-14(17-13)18(12(16-11)4-6-15)8-10-5-7-20-9-10/h2-3,5,7,9H,4,6,8H2,1H3. The first-order valence-electron chi connectivity index (χ1n) is 6.29. The fourth-order valence-electron chi connectivity index (χ4n) is 2.15. The van der Waals surface area contributed by atoms with Crippen molar-refractivity contribution in [2.24, 2.45) is 0 Å². The van der Waals surface area contributed by atoms with Crippen LogP contribution in [0.2, 0.25) is 0 Å². The summed E-state index contributed by atoms with van der Waals surface area (Å²) in [5.74, 6) is 2.01. The molecule has 0 saturated carbocycles. The summed E-state index contributed by atoms with van der Waals surface area (Å²) >= 11 is 5.86. The molecular weight excluding hydrogens is 278 g/mol. The minimum Gasteiger partial charge on any atom is -0.481 e. The van der Waals surface area contributed by atoms with Crippen molar-refractivity contribution in [1.29, 1.82) is 0 Å². The predicted molar refractivity (Wildman–Crippen MR) is 76.3 cm³/mol. The van der Waals surface area contributed by atoms with E-state index in [0.29, 0.717) is 24.7 Å². The van der Waals surface area contributed by atoms with E-state index >= 15 is 0 Å². The van der Waals surface area contributed by atoms with Crippen LogP contribution in [-0.2, 0) is 13.0 Å². The van der Waals surface area contributed by atoms with Crippen molar-refractivity contribution in [3.05, 3.63) is 42.1 Å². The predicted octanol–water partition coefficient (Wildman–Crippen LogP) is 2.86. The number of imidazole rings is 1. The van der Waals surface area contributed by atoms with E-state index in [1.807, 2.05) is 22.8 Å². The molecule has 3 aromatic rings. The van der Waals surface area contributed by atoms with Gasteiger partial charge in [-0.1, -0.05) is 0 Å². The number of aromatic nitrogens is 3. The Labute approximate surface area is 121 Å². The average Bonchev–Trinajstić information content (AvgIpc) is 3.08. The third-order valence-corrected chi connectivity index (χ3v) is 3.28. The Kier molecular flexibility index (Phi) is 3.60. The van der Waals surface area contributed by atoms with E-state index in [0.717, 1.165) is 22.6 Å². The van der Waals surface area contributed by atoms with Gasteiger partial charge >= 0.3 is 0 Å². The molecule has 0 spiro atoms. The number of rotatable bonds is 5. The van der Waals surface area contributed by atoms with Crippen molar-refractivity contribution in [3.8, 4) is 5.88 Å². The first-order chi connectivity index (χ1) is 9.81. The van der Waals surface area contributed by atoms with E-state index in [1.54, 1.807) is 19.6 Å². The molecule has 0 aliphatic rings. The molecule has 20 heavy (non-hydrogen) atoms. The molecule has 104 valence electrons. The number of alkyl halides is 1. The lowest BCUT2D eigenvalue weighted by Crippen LogP contribution is -2.06. The van der Waals surface area contributed by atoms with Gasteiger partial charge in [-0.25, -0.2) is 4.98 Å². The zero-order chi connectivity index (χ0) is 13.9. The van der Waals surface area contributed by atoms with E-state index in [4.69, 9.17) is 20.8 Å². The number of aryl methyl sites for hydroxylation is 1. The van der Waals surface area contributed by atoms with E-state index in [1.165, 1.54) is 0 Å². The number of fused-ring (bicyclic) bond motifs is 1. The summed E-state index contributed by atoms with van der Waals surface area (Å²) in [5, 5.41) is 0. The molecule has 3 heterocycles. The van der Waals surface area contributed by atoms with Gasteiger partial charge in [0.15, 0.2) is 5.65 Å². The van der Waals surface area contributed by atoms with Crippen LogP contribution in [-0.4, -0.2) is 27.5 Å². The molecule has 0 fully saturated rings. The molecule has 3 aromatic heterocycles. The van der Waals surface area contributed by atoms with Crippen LogP contribution in [0.15, 0.2) is 35.1 Å². The first kappa shape index (κ1) is 13.0. The second-order valence-corrected chi connectivity index (χ2v) is 4.76. The molecule has 0 saturated heterocycles. The van der Waals surface area contributed by atoms with Gasteiger partial charge in [-0.15, -0.1) is 11.6 Å². The molecule has 6 heteroatoms. The van der Waals surface area contributed by atoms with Gasteiger partial charge in [0, 0.05) is 23.9 Å². The Bertz CT molecular complexity index is 707. The molecule has 0 aromatic carbocycles. The maximum absolute atomic E-state index is 5.86. The Hall–Kier alpha value is -2.01. The van der Waals surface area contributed by atoms with Gasteiger partial charge in [0.05, 0.1) is 26.2 Å². The second-order valence-electron chi connectivity index (χ2n) is 4.38. The number of methoxy groups -OCH3 is 1. The molecular formula is C14H14ClN3O2. The third-order valence-electron chi connectivity index (χ3n) is 3.09. The fraction of sp³-hybridized carbons (Fsp3) is 0.286. The topological polar surface area (TPSA) is 53.1 Å². The van der Waals surface area contributed by atoms with Gasteiger partial charge in [0.1, 0.15) is 11.3 Å². The van der Waals surface area contributed by atoms with Gasteiger partial charge < -0.3 is 13.7 Å². The second kappa shape index (κ2) is 5.54. The molecule has 0 radical (unpaired) electrons. The minimum absolute atomic E-state index is 0.520. The molecule has 3 rings (SSSR count). The maximum Gasteiger partial charge on any atom is 0.215 e. The van der Waals surface area contributed by atoms with E-state index in [-0.39, 0.29) is 0 Å². The van der Waals surface area contributed by atoms with Crippen molar-refractivity contribution in [3.63, 3.8) is 0 Å². The van der Waals surface area contributed by atoms with Crippen molar-refractivity contribution in [2.45, 2.75) is 13.0 Å². The van der Waals surface area contributed by atoms with Crippen LogP contribution in [0.4, 0.5) is 0 Å². The van der Waals surface area contributed by atoms with Gasteiger partial charge in [0.2, 0.25) is 5.88 Å². The van der Waals surface area contributed by atoms with Gasteiger partial charge in [-0.3, -0.25) is 0 Å². The highest BCUT2D eigenvalue weighted by atomic mass is 35.5. The van der Waals surface area contributed by atoms with Crippen LogP contribution < -0.4 is 4.74 Å². The molecule has 0 N–H and O–H groups in total. The van der Waals surface area contributed by atoms with Crippen molar-refractivity contribution < 1.29 is 9.15 Å². The van der Waals surface area contributed by atoms with Gasteiger partial charge in [-0.2, -0.15) is 4.98 Å². The average molecular weight is 292 g/mol. The lowest BCUT2D eigenvalue weighted by Gasteiger charge is -2.06. The van der Waals surface area contributed by atoms with Crippen LogP contribution in [0.5, 0.6) is 5.88 Å². The zero-order valence-corrected chi connectivity index (χ0v) is 11.8. The quantitative estimate of drug-likeness (QED) is 0.678. The number of halogens is 1. The van der Waals surface area contributed by atoms with Crippen LogP contribution >= 0.6 is 11.6 Å². The minimum atomic E-state index is 0.520. The summed E-state index contributed by atoms with van der Waals surface area (Å²) in [6, 6.07) is 5.64. The maximum atomic E-state index is 5.86. The first-order valence-corrected chi connectivity index (χ1v) is 6.82. The monoisotopic (exact) mass is 291 g/mol. The van der Waals surface area contributed by atoms with E-state index < -0.39 is 0 Å². The highest BCUT2D eigenvalue weighted by Gasteiger charge is 2.13. The number of hydrogen-bond donors (Lipinski definition) is 0. The highest BCUT2D eigenvalue weighted by Crippen LogP contribution is 2.20. The lowest BCUT2D eigenvalue weighted by atomic mass is 10.3. The molecule has 0 aliphatic carbocycles. The van der Waals surface area contributed by atoms with Crippen molar-refractivity contribution >= 4 is 22.8 Å². The summed E-state index contributed by atoms with van der Waals surface area (Å²) in [6.45, 7) is 0.652. The van der Waals surface area contributed by atoms with Crippen LogP contribution in [0, 0.1) is 0 Å². The number of nitrogens with zero attached hydrogens (tertiary/aromatic N) is 3. The Morgan fingerprint density at radius 2 is 2.20 bits per heavy atom. The summed E-state index contributed by atoms with van der Waals surface area (Å²) in [5.41, 5.74) is 2.70.